The Balaban J connectivity index is 1.58. The molecule has 2 fully saturated rings. The van der Waals surface area contributed by atoms with Crippen LogP contribution in [0.4, 0.5) is 4.79 Å². The molecule has 29 heavy (non-hydrogen) atoms. The summed E-state index contributed by atoms with van der Waals surface area (Å²) in [6, 6.07) is -0.681. The van der Waals surface area contributed by atoms with E-state index in [0.29, 0.717) is 43.2 Å². The molecule has 2 heterocycles. The fourth-order valence-corrected chi connectivity index (χ4v) is 4.89. The Morgan fingerprint density at radius 2 is 2.03 bits per heavy atom. The zero-order valence-corrected chi connectivity index (χ0v) is 17.4. The minimum absolute atomic E-state index is 0.329. The molecule has 0 radical (unpaired) electrons. The maximum Gasteiger partial charge on any atom is 0.408 e. The third kappa shape index (κ3) is 5.45. The van der Waals surface area contributed by atoms with Crippen molar-refractivity contribution < 1.29 is 19.4 Å². The zero-order chi connectivity index (χ0) is 20.8. The van der Waals surface area contributed by atoms with E-state index in [9.17, 15) is 14.7 Å². The lowest BCUT2D eigenvalue weighted by Crippen LogP contribution is -2.54. The molecule has 9 nitrogen and oxygen atoms in total. The quantitative estimate of drug-likeness (QED) is 0.635. The molecule has 0 bridgehead atoms. The highest BCUT2D eigenvalue weighted by Gasteiger charge is 2.44. The number of aromatic nitrogens is 4. The standard InChI is InChI=1S/C20H33N5O4/c1-3-13(4-2)12-29-19(26)17-10-16-9-14(6-8-18-21-23-24-22-18)5-7-15(16)11-25(17)20(27)28/h13-17H,3-12H2,1-2H3,(H,27,28)(H,21,22,23,24)/t14-,15+,16-,17+/m1/s1. The molecule has 1 amide bonds. The predicted molar refractivity (Wildman–Crippen MR) is 105 cm³/mol. The monoisotopic (exact) mass is 407 g/mol. The van der Waals surface area contributed by atoms with Gasteiger partial charge in [0.1, 0.15) is 6.04 Å². The summed E-state index contributed by atoms with van der Waals surface area (Å²) in [6.07, 6.45) is 6.33. The van der Waals surface area contributed by atoms with E-state index in [1.165, 1.54) is 4.90 Å². The number of amides is 1. The number of fused-ring (bicyclic) bond motifs is 1. The van der Waals surface area contributed by atoms with Crippen molar-refractivity contribution in [1.29, 1.82) is 0 Å². The number of aryl methyl sites for hydroxylation is 1. The fraction of sp³-hybridized carbons (Fsp3) is 0.850. The second-order valence-corrected chi connectivity index (χ2v) is 8.56. The Morgan fingerprint density at radius 1 is 1.24 bits per heavy atom. The topological polar surface area (TPSA) is 121 Å². The molecular formula is C20H33N5O4. The van der Waals surface area contributed by atoms with Gasteiger partial charge in [0.2, 0.25) is 0 Å². The minimum Gasteiger partial charge on any atom is -0.465 e. The van der Waals surface area contributed by atoms with Crippen molar-refractivity contribution in [3.63, 3.8) is 0 Å². The first-order chi connectivity index (χ1) is 14.0. The number of nitrogens with one attached hydrogen (secondary N) is 1. The van der Waals surface area contributed by atoms with Crippen LogP contribution in [0.2, 0.25) is 0 Å². The van der Waals surface area contributed by atoms with E-state index in [1.54, 1.807) is 0 Å². The number of esters is 1. The molecule has 0 unspecified atom stereocenters. The van der Waals surface area contributed by atoms with Gasteiger partial charge in [-0.3, -0.25) is 4.90 Å². The van der Waals surface area contributed by atoms with Crippen LogP contribution in [0.5, 0.6) is 0 Å². The third-order valence-electron chi connectivity index (χ3n) is 6.88. The number of aromatic amines is 1. The number of carboxylic acid groups (broad SMARTS) is 1. The van der Waals surface area contributed by atoms with Gasteiger partial charge in [0, 0.05) is 13.0 Å². The van der Waals surface area contributed by atoms with Crippen molar-refractivity contribution in [2.45, 2.75) is 71.3 Å². The summed E-state index contributed by atoms with van der Waals surface area (Å²) in [5.74, 6) is 1.92. The molecule has 1 aliphatic heterocycles. The number of likely N-dealkylation sites (tertiary alicyclic amines) is 1. The van der Waals surface area contributed by atoms with Crippen molar-refractivity contribution in [3.05, 3.63) is 5.82 Å². The molecule has 2 N–H and O–H groups in total. The van der Waals surface area contributed by atoms with Gasteiger partial charge in [0.15, 0.2) is 5.82 Å². The van der Waals surface area contributed by atoms with Gasteiger partial charge in [-0.25, -0.2) is 9.59 Å². The van der Waals surface area contributed by atoms with Gasteiger partial charge in [-0.2, -0.15) is 5.21 Å². The fourth-order valence-electron chi connectivity index (χ4n) is 4.89. The lowest BCUT2D eigenvalue weighted by Gasteiger charge is -2.45. The van der Waals surface area contributed by atoms with Crippen LogP contribution >= 0.6 is 0 Å². The van der Waals surface area contributed by atoms with Gasteiger partial charge >= 0.3 is 12.1 Å². The lowest BCUT2D eigenvalue weighted by molar-refractivity contribution is -0.154. The average Bonchev–Trinajstić information content (AvgIpc) is 3.25. The van der Waals surface area contributed by atoms with Crippen LogP contribution in [0.3, 0.4) is 0 Å². The van der Waals surface area contributed by atoms with Crippen LogP contribution in [0, 0.1) is 23.7 Å². The molecule has 9 heteroatoms. The molecule has 2 aliphatic rings. The molecule has 1 saturated heterocycles. The molecule has 0 aromatic carbocycles. The van der Waals surface area contributed by atoms with Gasteiger partial charge in [-0.1, -0.05) is 38.3 Å². The number of H-pyrrole nitrogens is 1. The van der Waals surface area contributed by atoms with Crippen LogP contribution in [-0.4, -0.2) is 61.9 Å². The Kier molecular flexibility index (Phi) is 7.44. The Morgan fingerprint density at radius 3 is 2.69 bits per heavy atom. The summed E-state index contributed by atoms with van der Waals surface area (Å²) in [7, 11) is 0. The summed E-state index contributed by atoms with van der Waals surface area (Å²) in [5.41, 5.74) is 0. The third-order valence-corrected chi connectivity index (χ3v) is 6.88. The number of carbonyl (C=O) groups is 2. The molecule has 0 spiro atoms. The molecule has 1 aliphatic carbocycles. The Labute approximate surface area is 171 Å². The molecule has 1 aromatic heterocycles. The van der Waals surface area contributed by atoms with E-state index in [-0.39, 0.29) is 5.97 Å². The van der Waals surface area contributed by atoms with Gasteiger partial charge in [-0.15, -0.1) is 10.2 Å². The van der Waals surface area contributed by atoms with Crippen molar-refractivity contribution in [3.8, 4) is 0 Å². The lowest BCUT2D eigenvalue weighted by atomic mass is 9.68. The van der Waals surface area contributed by atoms with Crippen molar-refractivity contribution >= 4 is 12.1 Å². The van der Waals surface area contributed by atoms with E-state index in [1.807, 2.05) is 0 Å². The normalized spacial score (nSPS) is 26.9. The molecule has 4 atom stereocenters. The molecular weight excluding hydrogens is 374 g/mol. The summed E-state index contributed by atoms with van der Waals surface area (Å²) in [4.78, 5) is 25.8. The molecule has 1 aromatic rings. The first kappa shape index (κ1) is 21.5. The number of tetrazole rings is 1. The summed E-state index contributed by atoms with van der Waals surface area (Å²) in [5, 5.41) is 23.8. The van der Waals surface area contributed by atoms with Crippen molar-refractivity contribution in [2.75, 3.05) is 13.2 Å². The minimum atomic E-state index is -1.02. The highest BCUT2D eigenvalue weighted by molar-refractivity contribution is 5.81. The number of rotatable bonds is 8. The van der Waals surface area contributed by atoms with E-state index in [0.717, 1.165) is 50.8 Å². The molecule has 3 rings (SSSR count). The maximum absolute atomic E-state index is 12.7. The number of nitrogens with zero attached hydrogens (tertiary/aromatic N) is 4. The number of ether oxygens (including phenoxy) is 1. The summed E-state index contributed by atoms with van der Waals surface area (Å²) in [6.45, 7) is 4.96. The van der Waals surface area contributed by atoms with Crippen LogP contribution in [0.1, 0.15) is 64.6 Å². The van der Waals surface area contributed by atoms with E-state index in [4.69, 9.17) is 4.74 Å². The van der Waals surface area contributed by atoms with Gasteiger partial charge < -0.3 is 9.84 Å². The van der Waals surface area contributed by atoms with Gasteiger partial charge in [0.25, 0.3) is 0 Å². The smallest absolute Gasteiger partial charge is 0.408 e. The van der Waals surface area contributed by atoms with Crippen molar-refractivity contribution in [2.24, 2.45) is 23.7 Å². The van der Waals surface area contributed by atoms with E-state index < -0.39 is 12.1 Å². The van der Waals surface area contributed by atoms with Gasteiger partial charge in [0.05, 0.1) is 6.61 Å². The molecule has 162 valence electrons. The maximum atomic E-state index is 12.7. The summed E-state index contributed by atoms with van der Waals surface area (Å²) >= 11 is 0. The highest BCUT2D eigenvalue weighted by atomic mass is 16.5. The Hall–Kier alpha value is -2.19. The van der Waals surface area contributed by atoms with E-state index >= 15 is 0 Å². The number of piperidine rings is 1. The largest absolute Gasteiger partial charge is 0.465 e. The van der Waals surface area contributed by atoms with Crippen LogP contribution < -0.4 is 0 Å². The zero-order valence-electron chi connectivity index (χ0n) is 17.4. The van der Waals surface area contributed by atoms with Crippen LogP contribution in [-0.2, 0) is 16.0 Å². The number of hydrogen-bond acceptors (Lipinski definition) is 6. The summed E-state index contributed by atoms with van der Waals surface area (Å²) < 4.78 is 5.54. The highest BCUT2D eigenvalue weighted by Crippen LogP contribution is 2.42. The number of hydrogen-bond donors (Lipinski definition) is 2. The van der Waals surface area contributed by atoms with Gasteiger partial charge in [-0.05, 0) is 49.4 Å². The first-order valence-electron chi connectivity index (χ1n) is 10.9. The molecule has 1 saturated carbocycles. The van der Waals surface area contributed by atoms with Crippen LogP contribution in [0.15, 0.2) is 0 Å². The SMILES string of the molecule is CCC(CC)COC(=O)[C@@H]1C[C@H]2C[C@@H](CCc3nn[nH]n3)CC[C@H]2CN1C(=O)O. The van der Waals surface area contributed by atoms with Crippen LogP contribution in [0.25, 0.3) is 0 Å². The van der Waals surface area contributed by atoms with E-state index in [2.05, 4.69) is 34.5 Å². The Bertz CT molecular complexity index is 664. The number of carbonyl (C=O) groups excluding carboxylic acids is 1. The first-order valence-corrected chi connectivity index (χ1v) is 10.9. The second-order valence-electron chi connectivity index (χ2n) is 8.56. The predicted octanol–water partition coefficient (Wildman–Crippen LogP) is 2.90. The second kappa shape index (κ2) is 10.0. The average molecular weight is 408 g/mol. The van der Waals surface area contributed by atoms with Crippen molar-refractivity contribution in [1.82, 2.24) is 25.5 Å².